The molecule has 2 aliphatic rings. The maximum atomic E-state index is 14.4. The fourth-order valence-corrected chi connectivity index (χ4v) is 8.10. The summed E-state index contributed by atoms with van der Waals surface area (Å²) in [6.45, 7) is 2.63. The number of aromatic amines is 1. The number of Topliss-reactive ketones (excluding diaryl/α,β-unsaturated/α-hetero) is 1. The minimum absolute atomic E-state index is 0.00184. The van der Waals surface area contributed by atoms with E-state index in [1.54, 1.807) is 43.5 Å². The van der Waals surface area contributed by atoms with Gasteiger partial charge in [-0.2, -0.15) is 0 Å². The molecule has 1 aromatic heterocycles. The molecule has 2 fully saturated rings. The van der Waals surface area contributed by atoms with Gasteiger partial charge in [-0.25, -0.2) is 0 Å². The number of aliphatic hydroxyl groups is 1. The van der Waals surface area contributed by atoms with E-state index in [9.17, 15) is 38.7 Å². The van der Waals surface area contributed by atoms with Gasteiger partial charge in [-0.15, -0.1) is 0 Å². The van der Waals surface area contributed by atoms with Crippen molar-refractivity contribution in [2.75, 3.05) is 26.2 Å². The Labute approximate surface area is 372 Å². The number of guanidine groups is 1. The molecule has 0 spiro atoms. The first-order chi connectivity index (χ1) is 30.7. The third-order valence-electron chi connectivity index (χ3n) is 11.7. The number of aliphatic imine (C=N–C) groups is 1. The van der Waals surface area contributed by atoms with Crippen molar-refractivity contribution >= 4 is 58.1 Å². The number of aliphatic hydroxyl groups excluding tert-OH is 1. The first-order valence-corrected chi connectivity index (χ1v) is 22.1. The lowest BCUT2D eigenvalue weighted by atomic mass is 10.00. The fourth-order valence-electron chi connectivity index (χ4n) is 8.10. The molecule has 19 heteroatoms. The molecule has 3 aromatic rings. The number of H-pyrrole nitrogens is 1. The highest BCUT2D eigenvalue weighted by molar-refractivity contribution is 5.97. The van der Waals surface area contributed by atoms with E-state index in [0.717, 1.165) is 10.9 Å². The zero-order chi connectivity index (χ0) is 46.2. The van der Waals surface area contributed by atoms with Gasteiger partial charge in [0.1, 0.15) is 36.0 Å². The summed E-state index contributed by atoms with van der Waals surface area (Å²) in [7, 11) is 0. The van der Waals surface area contributed by atoms with E-state index in [1.165, 1.54) is 4.90 Å². The number of hydrogen-bond acceptors (Lipinski definition) is 10. The quantitative estimate of drug-likeness (QED) is 0.0745. The van der Waals surface area contributed by atoms with Crippen LogP contribution >= 0.6 is 0 Å². The van der Waals surface area contributed by atoms with Crippen LogP contribution in [-0.4, -0.2) is 125 Å². The average molecular weight is 886 g/mol. The normalized spacial score (nSPS) is 25.4. The van der Waals surface area contributed by atoms with E-state index < -0.39 is 77.7 Å². The van der Waals surface area contributed by atoms with Crippen LogP contribution in [0.5, 0.6) is 0 Å². The molecule has 2 aliphatic heterocycles. The molecule has 3 heterocycles. The zero-order valence-electron chi connectivity index (χ0n) is 36.4. The lowest BCUT2D eigenvalue weighted by Crippen LogP contribution is -2.59. The Morgan fingerprint density at radius 3 is 2.20 bits per heavy atom. The van der Waals surface area contributed by atoms with Crippen LogP contribution in [0.1, 0.15) is 75.8 Å². The van der Waals surface area contributed by atoms with E-state index in [2.05, 4.69) is 36.6 Å². The Balaban J connectivity index is 1.48. The minimum Gasteiger partial charge on any atom is -0.391 e. The number of nitrogens with two attached hydrogens (primary N) is 3. The number of benzene rings is 2. The highest BCUT2D eigenvalue weighted by Gasteiger charge is 2.41. The summed E-state index contributed by atoms with van der Waals surface area (Å²) >= 11 is 0. The summed E-state index contributed by atoms with van der Waals surface area (Å²) in [6.07, 6.45) is 2.85. The van der Waals surface area contributed by atoms with Crippen molar-refractivity contribution in [1.82, 2.24) is 36.5 Å². The van der Waals surface area contributed by atoms with Crippen LogP contribution in [0.2, 0.25) is 0 Å². The number of hydrogen-bond donors (Lipinski definition) is 10. The molecule has 6 amide bonds. The van der Waals surface area contributed by atoms with Gasteiger partial charge in [0, 0.05) is 74.8 Å². The number of nitrogens with zero attached hydrogens (tertiary/aromatic N) is 2. The number of carbonyl (C=O) groups excluding carboxylic acids is 7. The number of primary amides is 1. The maximum absolute atomic E-state index is 14.4. The zero-order valence-corrected chi connectivity index (χ0v) is 36.4. The third-order valence-corrected chi connectivity index (χ3v) is 11.7. The SMILES string of the molecule is C[C@H]1CCC(=O)CCNCCCC[C@@H](C(N)=O)NC(=O)[C@H](Cc2c[nH]c3ccccc23)NC(=O)[C@H](CCCN=C(N)N)NC(=O)[C@@H](Cc2ccccc2)NC(=O)[C@@H]2C[C@@H](O)CN2C1=O. The van der Waals surface area contributed by atoms with Gasteiger partial charge in [0.05, 0.1) is 6.10 Å². The summed E-state index contributed by atoms with van der Waals surface area (Å²) < 4.78 is 0. The molecule has 64 heavy (non-hydrogen) atoms. The Morgan fingerprint density at radius 2 is 1.45 bits per heavy atom. The number of nitrogens with one attached hydrogen (secondary N) is 6. The largest absolute Gasteiger partial charge is 0.391 e. The predicted molar refractivity (Wildman–Crippen MR) is 240 cm³/mol. The van der Waals surface area contributed by atoms with Crippen LogP contribution in [0.15, 0.2) is 65.8 Å². The summed E-state index contributed by atoms with van der Waals surface area (Å²) in [5.41, 5.74) is 19.1. The van der Waals surface area contributed by atoms with Gasteiger partial charge in [-0.3, -0.25) is 38.6 Å². The van der Waals surface area contributed by atoms with Gasteiger partial charge in [-0.05, 0) is 62.3 Å². The van der Waals surface area contributed by atoms with Crippen LogP contribution in [0.3, 0.4) is 0 Å². The number of aromatic nitrogens is 1. The van der Waals surface area contributed by atoms with Crippen molar-refractivity contribution in [3.63, 3.8) is 0 Å². The number of rotatable bonds is 9. The number of amides is 6. The van der Waals surface area contributed by atoms with Crippen LogP contribution in [0.25, 0.3) is 10.9 Å². The van der Waals surface area contributed by atoms with Crippen molar-refractivity contribution in [3.8, 4) is 0 Å². The van der Waals surface area contributed by atoms with Crippen molar-refractivity contribution in [3.05, 3.63) is 71.9 Å². The Kier molecular flexibility index (Phi) is 18.2. The first kappa shape index (κ1) is 48.7. The van der Waals surface area contributed by atoms with Crippen LogP contribution in [0, 0.1) is 5.92 Å². The van der Waals surface area contributed by atoms with E-state index in [4.69, 9.17) is 17.2 Å². The van der Waals surface area contributed by atoms with Crippen LogP contribution < -0.4 is 43.8 Å². The average Bonchev–Trinajstić information content (AvgIpc) is 3.87. The smallest absolute Gasteiger partial charge is 0.243 e. The molecule has 2 aromatic carbocycles. The van der Waals surface area contributed by atoms with Gasteiger partial charge >= 0.3 is 0 Å². The lowest BCUT2D eigenvalue weighted by Gasteiger charge is -2.29. The Morgan fingerprint density at radius 1 is 0.781 bits per heavy atom. The molecule has 5 rings (SSSR count). The van der Waals surface area contributed by atoms with Crippen molar-refractivity contribution in [1.29, 1.82) is 0 Å². The summed E-state index contributed by atoms with van der Waals surface area (Å²) in [5, 5.41) is 25.9. The molecule has 13 N–H and O–H groups in total. The third kappa shape index (κ3) is 14.3. The number of carbonyl (C=O) groups is 7. The second-order valence-electron chi connectivity index (χ2n) is 16.7. The first-order valence-electron chi connectivity index (χ1n) is 22.1. The van der Waals surface area contributed by atoms with Crippen LogP contribution in [-0.2, 0) is 46.4 Å². The number of ketones is 1. The molecular formula is C45H63N11O8. The van der Waals surface area contributed by atoms with Gasteiger partial charge in [0.2, 0.25) is 35.4 Å². The molecule has 0 unspecified atom stereocenters. The van der Waals surface area contributed by atoms with Gasteiger partial charge in [0.15, 0.2) is 5.96 Å². The fraction of sp³-hybridized carbons (Fsp3) is 0.511. The summed E-state index contributed by atoms with van der Waals surface area (Å²) in [6, 6.07) is 10.4. The molecular weight excluding hydrogens is 823 g/mol. The van der Waals surface area contributed by atoms with E-state index in [-0.39, 0.29) is 82.6 Å². The van der Waals surface area contributed by atoms with Crippen molar-refractivity contribution < 1.29 is 38.7 Å². The second-order valence-corrected chi connectivity index (χ2v) is 16.7. The molecule has 2 saturated heterocycles. The van der Waals surface area contributed by atoms with Gasteiger partial charge < -0.3 is 58.8 Å². The van der Waals surface area contributed by atoms with E-state index >= 15 is 0 Å². The lowest BCUT2D eigenvalue weighted by molar-refractivity contribution is -0.142. The monoisotopic (exact) mass is 885 g/mol. The van der Waals surface area contributed by atoms with E-state index in [0.29, 0.717) is 37.1 Å². The summed E-state index contributed by atoms with van der Waals surface area (Å²) in [5.74, 6) is -4.79. The predicted octanol–water partition coefficient (Wildman–Crippen LogP) is -0.458. The molecule has 0 aliphatic carbocycles. The van der Waals surface area contributed by atoms with Crippen molar-refractivity contribution in [2.45, 2.75) is 114 Å². The minimum atomic E-state index is -1.27. The maximum Gasteiger partial charge on any atom is 0.243 e. The number of fused-ring (bicyclic) bond motifs is 2. The van der Waals surface area contributed by atoms with Crippen LogP contribution in [0.4, 0.5) is 0 Å². The summed E-state index contributed by atoms with van der Waals surface area (Å²) in [4.78, 5) is 105. The Hall–Kier alpha value is -6.34. The molecule has 346 valence electrons. The topological polar surface area (TPSA) is 309 Å². The molecule has 0 radical (unpaired) electrons. The second kappa shape index (κ2) is 23.9. The molecule has 0 bridgehead atoms. The highest BCUT2D eigenvalue weighted by Crippen LogP contribution is 2.24. The standard InChI is InChI=1S/C45H63N11O8/c1-27-16-17-30(57)18-21-49-19-8-7-14-34(39(46)59)52-42(62)37(23-29-25-51-33-13-6-5-12-32(29)33)54-40(60)35(15-9-20-50-45(47)48)53-41(61)36(22-28-10-3-2-4-11-28)55-43(63)38-24-31(58)26-56(38)44(27)64/h2-6,10-13,25,27,31,34-38,49,51,58H,7-9,14-24,26H2,1H3,(H2,46,59)(H,52,62)(H,53,61)(H,54,60)(H,55,63)(H4,47,48,50)/t27-,31+,34-,35-,36+,37-,38-/m0/s1. The highest BCUT2D eigenvalue weighted by atomic mass is 16.3. The number of para-hydroxylation sites is 1. The molecule has 19 nitrogen and oxygen atoms in total. The Bertz CT molecular complexity index is 2120. The molecule has 0 saturated carbocycles. The van der Waals surface area contributed by atoms with E-state index in [1.807, 2.05) is 24.3 Å². The molecule has 7 atom stereocenters. The van der Waals surface area contributed by atoms with Gasteiger partial charge in [0.25, 0.3) is 0 Å². The van der Waals surface area contributed by atoms with Gasteiger partial charge in [-0.1, -0.05) is 55.5 Å². The van der Waals surface area contributed by atoms with Crippen molar-refractivity contribution in [2.24, 2.45) is 28.1 Å².